The van der Waals surface area contributed by atoms with E-state index in [1.807, 2.05) is 18.0 Å². The number of aromatic nitrogens is 2. The van der Waals surface area contributed by atoms with Gasteiger partial charge < -0.3 is 10.2 Å². The van der Waals surface area contributed by atoms with Gasteiger partial charge in [0.15, 0.2) is 0 Å². The van der Waals surface area contributed by atoms with Gasteiger partial charge in [0.25, 0.3) is 0 Å². The van der Waals surface area contributed by atoms with Gasteiger partial charge in [-0.25, -0.2) is 4.98 Å². The molecular weight excluding hydrogens is 232 g/mol. The molecule has 0 radical (unpaired) electrons. The van der Waals surface area contributed by atoms with Gasteiger partial charge in [-0.2, -0.15) is 16.7 Å². The molecule has 0 unspecified atom stereocenters. The molecule has 1 aromatic heterocycles. The minimum atomic E-state index is 0.741. The Balaban J connectivity index is 2.19. The van der Waals surface area contributed by atoms with Gasteiger partial charge >= 0.3 is 0 Å². The van der Waals surface area contributed by atoms with Crippen molar-refractivity contribution in [3.63, 3.8) is 0 Å². The number of nitrogens with one attached hydrogen (secondary N) is 1. The van der Waals surface area contributed by atoms with Gasteiger partial charge in [0, 0.05) is 37.1 Å². The topological polar surface area (TPSA) is 41.1 Å². The zero-order valence-electron chi connectivity index (χ0n) is 10.6. The van der Waals surface area contributed by atoms with Gasteiger partial charge in [0.2, 0.25) is 5.95 Å². The maximum absolute atomic E-state index is 4.62. The molecule has 17 heavy (non-hydrogen) atoms. The molecule has 0 amide bonds. The number of rotatable bonds is 3. The van der Waals surface area contributed by atoms with E-state index in [-0.39, 0.29) is 0 Å². The molecule has 2 heterocycles. The fourth-order valence-corrected chi connectivity index (χ4v) is 2.84. The molecule has 5 heteroatoms. The monoisotopic (exact) mass is 252 g/mol. The number of hydrogen-bond donors (Lipinski definition) is 1. The normalized spacial score (nSPS) is 16.7. The van der Waals surface area contributed by atoms with Crippen molar-refractivity contribution in [1.82, 2.24) is 9.97 Å². The molecule has 1 aliphatic heterocycles. The average molecular weight is 252 g/mol. The van der Waals surface area contributed by atoms with Crippen molar-refractivity contribution in [2.45, 2.75) is 20.3 Å². The van der Waals surface area contributed by atoms with Crippen molar-refractivity contribution in [1.29, 1.82) is 0 Å². The zero-order valence-corrected chi connectivity index (χ0v) is 11.4. The first-order valence-electron chi connectivity index (χ1n) is 6.21. The van der Waals surface area contributed by atoms with Crippen molar-refractivity contribution in [2.24, 2.45) is 0 Å². The van der Waals surface area contributed by atoms with Crippen LogP contribution in [0.1, 0.15) is 18.9 Å². The van der Waals surface area contributed by atoms with Crippen LogP contribution >= 0.6 is 11.8 Å². The highest BCUT2D eigenvalue weighted by Gasteiger charge is 2.14. The summed E-state index contributed by atoms with van der Waals surface area (Å²) in [6.45, 7) is 7.21. The summed E-state index contributed by atoms with van der Waals surface area (Å²) >= 11 is 2.03. The lowest BCUT2D eigenvalue weighted by Crippen LogP contribution is -2.27. The van der Waals surface area contributed by atoms with Crippen LogP contribution in [0.25, 0.3) is 0 Å². The van der Waals surface area contributed by atoms with Crippen LogP contribution < -0.4 is 10.2 Å². The van der Waals surface area contributed by atoms with Gasteiger partial charge in [0.05, 0.1) is 0 Å². The standard InChI is InChI=1S/C12H20N4S/c1-3-13-12-14-9-10(2)11(15-12)16-5-4-7-17-8-6-16/h9H,3-8H2,1-2H3,(H,13,14,15). The molecule has 1 N–H and O–H groups in total. The van der Waals surface area contributed by atoms with Crippen LogP contribution in [0.2, 0.25) is 0 Å². The summed E-state index contributed by atoms with van der Waals surface area (Å²) in [5.41, 5.74) is 1.17. The van der Waals surface area contributed by atoms with Crippen molar-refractivity contribution in [3.8, 4) is 0 Å². The summed E-state index contributed by atoms with van der Waals surface area (Å²) in [7, 11) is 0. The highest BCUT2D eigenvalue weighted by molar-refractivity contribution is 7.99. The first-order chi connectivity index (χ1) is 8.31. The lowest BCUT2D eigenvalue weighted by Gasteiger charge is -2.23. The van der Waals surface area contributed by atoms with Crippen LogP contribution in [0, 0.1) is 6.92 Å². The molecule has 1 fully saturated rings. The lowest BCUT2D eigenvalue weighted by atomic mass is 10.3. The van der Waals surface area contributed by atoms with E-state index < -0.39 is 0 Å². The van der Waals surface area contributed by atoms with E-state index in [0.29, 0.717) is 0 Å². The molecule has 1 aromatic rings. The minimum Gasteiger partial charge on any atom is -0.355 e. The van der Waals surface area contributed by atoms with Gasteiger partial charge in [-0.15, -0.1) is 0 Å². The molecule has 0 spiro atoms. The Morgan fingerprint density at radius 2 is 2.29 bits per heavy atom. The van der Waals surface area contributed by atoms with Crippen LogP contribution in [0.15, 0.2) is 6.20 Å². The predicted octanol–water partition coefficient (Wildman–Crippen LogP) is 2.16. The number of thioether (sulfide) groups is 1. The van der Waals surface area contributed by atoms with Crippen LogP contribution in [-0.4, -0.2) is 41.1 Å². The Labute approximate surface area is 107 Å². The third-order valence-electron chi connectivity index (χ3n) is 2.80. The quantitative estimate of drug-likeness (QED) is 0.893. The summed E-state index contributed by atoms with van der Waals surface area (Å²) in [5.74, 6) is 4.30. The fourth-order valence-electron chi connectivity index (χ4n) is 1.95. The number of hydrogen-bond acceptors (Lipinski definition) is 5. The van der Waals surface area contributed by atoms with Gasteiger partial charge in [-0.3, -0.25) is 0 Å². The molecule has 0 aliphatic carbocycles. The van der Waals surface area contributed by atoms with Crippen LogP contribution in [0.5, 0.6) is 0 Å². The highest BCUT2D eigenvalue weighted by Crippen LogP contribution is 2.21. The molecule has 1 saturated heterocycles. The second-order valence-corrected chi connectivity index (χ2v) is 5.41. The fraction of sp³-hybridized carbons (Fsp3) is 0.667. The van der Waals surface area contributed by atoms with Crippen LogP contribution in [-0.2, 0) is 0 Å². The molecule has 0 bridgehead atoms. The van der Waals surface area contributed by atoms with E-state index in [1.165, 1.54) is 23.5 Å². The van der Waals surface area contributed by atoms with Crippen molar-refractivity contribution >= 4 is 23.5 Å². The molecule has 2 rings (SSSR count). The first kappa shape index (κ1) is 12.5. The summed E-state index contributed by atoms with van der Waals surface area (Å²) < 4.78 is 0. The smallest absolute Gasteiger partial charge is 0.224 e. The van der Waals surface area contributed by atoms with Gasteiger partial charge in [0.1, 0.15) is 5.82 Å². The number of nitrogens with zero attached hydrogens (tertiary/aromatic N) is 3. The van der Waals surface area contributed by atoms with Gasteiger partial charge in [-0.1, -0.05) is 0 Å². The lowest BCUT2D eigenvalue weighted by molar-refractivity contribution is 0.794. The summed E-state index contributed by atoms with van der Waals surface area (Å²) in [4.78, 5) is 11.3. The SMILES string of the molecule is CCNc1ncc(C)c(N2CCCSCC2)n1. The molecule has 94 valence electrons. The Morgan fingerprint density at radius 3 is 3.12 bits per heavy atom. The third kappa shape index (κ3) is 3.25. The van der Waals surface area contributed by atoms with Crippen molar-refractivity contribution < 1.29 is 0 Å². The summed E-state index contributed by atoms with van der Waals surface area (Å²) in [6.07, 6.45) is 3.16. The van der Waals surface area contributed by atoms with Crippen molar-refractivity contribution in [3.05, 3.63) is 11.8 Å². The van der Waals surface area contributed by atoms with E-state index in [4.69, 9.17) is 0 Å². The Kier molecular flexibility index (Phi) is 4.48. The Morgan fingerprint density at radius 1 is 1.41 bits per heavy atom. The third-order valence-corrected chi connectivity index (χ3v) is 3.85. The van der Waals surface area contributed by atoms with E-state index in [1.54, 1.807) is 0 Å². The second-order valence-electron chi connectivity index (χ2n) is 4.18. The molecule has 4 nitrogen and oxygen atoms in total. The molecule has 0 saturated carbocycles. The Hall–Kier alpha value is -0.970. The van der Waals surface area contributed by atoms with E-state index in [2.05, 4.69) is 34.0 Å². The van der Waals surface area contributed by atoms with E-state index in [0.717, 1.165) is 31.4 Å². The maximum atomic E-state index is 4.62. The van der Waals surface area contributed by atoms with Crippen LogP contribution in [0.3, 0.4) is 0 Å². The predicted molar refractivity (Wildman–Crippen MR) is 75.1 cm³/mol. The largest absolute Gasteiger partial charge is 0.355 e. The zero-order chi connectivity index (χ0) is 12.1. The van der Waals surface area contributed by atoms with Crippen LogP contribution in [0.4, 0.5) is 11.8 Å². The van der Waals surface area contributed by atoms with E-state index in [9.17, 15) is 0 Å². The molecular formula is C12H20N4S. The number of aryl methyl sites for hydroxylation is 1. The van der Waals surface area contributed by atoms with E-state index >= 15 is 0 Å². The highest BCUT2D eigenvalue weighted by atomic mass is 32.2. The maximum Gasteiger partial charge on any atom is 0.224 e. The molecule has 1 aliphatic rings. The second kappa shape index (κ2) is 6.10. The average Bonchev–Trinajstić information content (AvgIpc) is 2.60. The molecule has 0 aromatic carbocycles. The summed E-state index contributed by atoms with van der Waals surface area (Å²) in [6, 6.07) is 0. The van der Waals surface area contributed by atoms with Crippen molar-refractivity contribution in [2.75, 3.05) is 41.4 Å². The minimum absolute atomic E-state index is 0.741. The molecule has 0 atom stereocenters. The first-order valence-corrected chi connectivity index (χ1v) is 7.37. The Bertz CT molecular complexity index is 362. The number of anilines is 2. The summed E-state index contributed by atoms with van der Waals surface area (Å²) in [5, 5.41) is 3.18. The van der Waals surface area contributed by atoms with Gasteiger partial charge in [-0.05, 0) is 26.0 Å².